The van der Waals surface area contributed by atoms with Crippen molar-refractivity contribution in [2.75, 3.05) is 6.54 Å². The zero-order valence-corrected chi connectivity index (χ0v) is 10.1. The Morgan fingerprint density at radius 2 is 2.00 bits per heavy atom. The van der Waals surface area contributed by atoms with Gasteiger partial charge in [-0.05, 0) is 31.0 Å². The third-order valence-corrected chi connectivity index (χ3v) is 2.78. The van der Waals surface area contributed by atoms with Crippen LogP contribution in [-0.4, -0.2) is 6.54 Å². The molecule has 1 aromatic rings. The molecule has 0 aromatic heterocycles. The van der Waals surface area contributed by atoms with Gasteiger partial charge in [0.05, 0.1) is 0 Å². The number of nitrogens with one attached hydrogen (secondary N) is 1. The Morgan fingerprint density at radius 3 is 2.53 bits per heavy atom. The van der Waals surface area contributed by atoms with E-state index in [-0.39, 0.29) is 0 Å². The molecule has 0 amide bonds. The number of rotatable bonds is 5. The first-order chi connectivity index (χ1) is 7.13. The molecule has 0 bridgehead atoms. The van der Waals surface area contributed by atoms with Crippen LogP contribution in [0.25, 0.3) is 0 Å². The minimum Gasteiger partial charge on any atom is -0.306 e. The molecule has 0 heterocycles. The van der Waals surface area contributed by atoms with Crippen molar-refractivity contribution in [3.05, 3.63) is 47.0 Å². The Balaban J connectivity index is 2.50. The molecule has 0 fully saturated rings. The van der Waals surface area contributed by atoms with E-state index in [1.54, 1.807) is 0 Å². The summed E-state index contributed by atoms with van der Waals surface area (Å²) in [5.41, 5.74) is 2.49. The van der Waals surface area contributed by atoms with Crippen LogP contribution in [0, 0.1) is 0 Å². The van der Waals surface area contributed by atoms with Crippen molar-refractivity contribution >= 4 is 11.6 Å². The Morgan fingerprint density at radius 1 is 1.40 bits per heavy atom. The van der Waals surface area contributed by atoms with Crippen LogP contribution in [0.1, 0.15) is 31.9 Å². The summed E-state index contributed by atoms with van der Waals surface area (Å²) < 4.78 is 0. The van der Waals surface area contributed by atoms with Crippen LogP contribution in [0.15, 0.2) is 36.4 Å². The van der Waals surface area contributed by atoms with Gasteiger partial charge in [0.1, 0.15) is 0 Å². The average molecular weight is 224 g/mol. The van der Waals surface area contributed by atoms with Crippen LogP contribution in [0.2, 0.25) is 5.02 Å². The molecule has 1 rings (SSSR count). The minimum absolute atomic E-state index is 0.338. The molecule has 0 aliphatic carbocycles. The summed E-state index contributed by atoms with van der Waals surface area (Å²) in [6, 6.07) is 8.28. The SMILES string of the molecule is C=C(CC)CNC(C)c1ccc(Cl)cc1. The summed E-state index contributed by atoms with van der Waals surface area (Å²) in [6.45, 7) is 9.11. The molecule has 0 aliphatic rings. The summed E-state index contributed by atoms with van der Waals surface area (Å²) in [7, 11) is 0. The van der Waals surface area contributed by atoms with Crippen LogP contribution in [0.5, 0.6) is 0 Å². The Bertz CT molecular complexity index is 316. The van der Waals surface area contributed by atoms with E-state index in [2.05, 4.69) is 37.9 Å². The average Bonchev–Trinajstić information content (AvgIpc) is 2.26. The lowest BCUT2D eigenvalue weighted by atomic mass is 10.1. The molecular formula is C13H18ClN. The van der Waals surface area contributed by atoms with Gasteiger partial charge < -0.3 is 5.32 Å². The highest BCUT2D eigenvalue weighted by atomic mass is 35.5. The summed E-state index contributed by atoms with van der Waals surface area (Å²) >= 11 is 5.83. The zero-order chi connectivity index (χ0) is 11.3. The zero-order valence-electron chi connectivity index (χ0n) is 9.39. The van der Waals surface area contributed by atoms with Crippen molar-refractivity contribution in [1.29, 1.82) is 0 Å². The maximum absolute atomic E-state index is 5.83. The van der Waals surface area contributed by atoms with Crippen molar-refractivity contribution in [2.45, 2.75) is 26.3 Å². The number of benzene rings is 1. The maximum atomic E-state index is 5.83. The van der Waals surface area contributed by atoms with Crippen LogP contribution >= 0.6 is 11.6 Å². The summed E-state index contributed by atoms with van der Waals surface area (Å²) in [5, 5.41) is 4.21. The van der Waals surface area contributed by atoms with Crippen molar-refractivity contribution in [3.8, 4) is 0 Å². The van der Waals surface area contributed by atoms with Gasteiger partial charge in [-0.2, -0.15) is 0 Å². The van der Waals surface area contributed by atoms with Crippen molar-refractivity contribution < 1.29 is 0 Å². The minimum atomic E-state index is 0.338. The van der Waals surface area contributed by atoms with Gasteiger partial charge in [-0.25, -0.2) is 0 Å². The molecule has 1 aromatic carbocycles. The quantitative estimate of drug-likeness (QED) is 0.746. The predicted octanol–water partition coefficient (Wildman–Crippen LogP) is 3.96. The van der Waals surface area contributed by atoms with Gasteiger partial charge >= 0.3 is 0 Å². The first kappa shape index (κ1) is 12.3. The summed E-state index contributed by atoms with van der Waals surface area (Å²) in [5.74, 6) is 0. The highest BCUT2D eigenvalue weighted by Crippen LogP contribution is 2.16. The van der Waals surface area contributed by atoms with Gasteiger partial charge in [-0.1, -0.05) is 42.8 Å². The van der Waals surface area contributed by atoms with Gasteiger partial charge in [-0.15, -0.1) is 0 Å². The van der Waals surface area contributed by atoms with Crippen LogP contribution in [0.3, 0.4) is 0 Å². The normalized spacial score (nSPS) is 12.5. The van der Waals surface area contributed by atoms with Crippen molar-refractivity contribution in [3.63, 3.8) is 0 Å². The molecular weight excluding hydrogens is 206 g/mol. The Hall–Kier alpha value is -0.790. The van der Waals surface area contributed by atoms with E-state index in [1.807, 2.05) is 12.1 Å². The van der Waals surface area contributed by atoms with Gasteiger partial charge in [0.25, 0.3) is 0 Å². The van der Waals surface area contributed by atoms with E-state index in [1.165, 1.54) is 11.1 Å². The van der Waals surface area contributed by atoms with Gasteiger partial charge in [0, 0.05) is 17.6 Å². The van der Waals surface area contributed by atoms with E-state index >= 15 is 0 Å². The maximum Gasteiger partial charge on any atom is 0.0406 e. The number of hydrogen-bond donors (Lipinski definition) is 1. The fourth-order valence-corrected chi connectivity index (χ4v) is 1.42. The number of halogens is 1. The molecule has 0 radical (unpaired) electrons. The number of hydrogen-bond acceptors (Lipinski definition) is 1. The van der Waals surface area contributed by atoms with E-state index < -0.39 is 0 Å². The third kappa shape index (κ3) is 4.06. The van der Waals surface area contributed by atoms with E-state index in [4.69, 9.17) is 11.6 Å². The predicted molar refractivity (Wildman–Crippen MR) is 67.3 cm³/mol. The molecule has 0 aliphatic heterocycles. The highest BCUT2D eigenvalue weighted by molar-refractivity contribution is 6.30. The fourth-order valence-electron chi connectivity index (χ4n) is 1.29. The van der Waals surface area contributed by atoms with Gasteiger partial charge in [0.2, 0.25) is 0 Å². The third-order valence-electron chi connectivity index (χ3n) is 2.53. The lowest BCUT2D eigenvalue weighted by molar-refractivity contribution is 0.602. The largest absolute Gasteiger partial charge is 0.306 e. The Kier molecular flexibility index (Phi) is 4.86. The smallest absolute Gasteiger partial charge is 0.0406 e. The fraction of sp³-hybridized carbons (Fsp3) is 0.385. The second kappa shape index (κ2) is 5.94. The molecule has 1 N–H and O–H groups in total. The van der Waals surface area contributed by atoms with Gasteiger partial charge in [-0.3, -0.25) is 0 Å². The first-order valence-corrected chi connectivity index (χ1v) is 5.66. The van der Waals surface area contributed by atoms with E-state index in [0.717, 1.165) is 18.0 Å². The van der Waals surface area contributed by atoms with E-state index in [9.17, 15) is 0 Å². The topological polar surface area (TPSA) is 12.0 Å². The van der Waals surface area contributed by atoms with Crippen molar-refractivity contribution in [2.24, 2.45) is 0 Å². The van der Waals surface area contributed by atoms with Crippen LogP contribution < -0.4 is 5.32 Å². The monoisotopic (exact) mass is 223 g/mol. The van der Waals surface area contributed by atoms with Crippen LogP contribution in [-0.2, 0) is 0 Å². The standard InChI is InChI=1S/C13H18ClN/c1-4-10(2)9-15-11(3)12-5-7-13(14)8-6-12/h5-8,11,15H,2,4,9H2,1,3H3. The van der Waals surface area contributed by atoms with Crippen LogP contribution in [0.4, 0.5) is 0 Å². The summed E-state index contributed by atoms with van der Waals surface area (Å²) in [6.07, 6.45) is 1.03. The molecule has 82 valence electrons. The Labute approximate surface area is 97.1 Å². The van der Waals surface area contributed by atoms with E-state index in [0.29, 0.717) is 6.04 Å². The lowest BCUT2D eigenvalue weighted by Gasteiger charge is -2.14. The molecule has 0 spiro atoms. The highest BCUT2D eigenvalue weighted by Gasteiger charge is 2.04. The second-order valence-electron chi connectivity index (χ2n) is 3.76. The first-order valence-electron chi connectivity index (χ1n) is 5.29. The van der Waals surface area contributed by atoms with Gasteiger partial charge in [0.15, 0.2) is 0 Å². The molecule has 0 saturated carbocycles. The molecule has 1 atom stereocenters. The lowest BCUT2D eigenvalue weighted by Crippen LogP contribution is -2.20. The molecule has 1 unspecified atom stereocenters. The molecule has 0 saturated heterocycles. The molecule has 15 heavy (non-hydrogen) atoms. The molecule has 2 heteroatoms. The van der Waals surface area contributed by atoms with Crippen molar-refractivity contribution in [1.82, 2.24) is 5.32 Å². The molecule has 1 nitrogen and oxygen atoms in total. The summed E-state index contributed by atoms with van der Waals surface area (Å²) in [4.78, 5) is 0. The second-order valence-corrected chi connectivity index (χ2v) is 4.19.